The van der Waals surface area contributed by atoms with Crippen LogP contribution in [0, 0.1) is 0 Å². The monoisotopic (exact) mass is 315 g/mol. The fraction of sp³-hybridized carbons (Fsp3) is 0.273. The molecular weight excluding hydrogens is 302 g/mol. The van der Waals surface area contributed by atoms with Crippen LogP contribution in [0.15, 0.2) is 22.7 Å². The highest BCUT2D eigenvalue weighted by molar-refractivity contribution is 9.10. The molecular formula is C11H14BrN3O3. The first kappa shape index (κ1) is 14.5. The number of primary amides is 1. The van der Waals surface area contributed by atoms with E-state index in [0.717, 1.165) is 10.0 Å². The quantitative estimate of drug-likeness (QED) is 0.747. The molecule has 1 aromatic carbocycles. The van der Waals surface area contributed by atoms with Gasteiger partial charge in [0.15, 0.2) is 6.61 Å². The molecule has 0 unspecified atom stereocenters. The SMILES string of the molecule is CNCc1cc(Br)ccc1OCC(=O)NC(N)=O. The molecule has 0 radical (unpaired) electrons. The first-order chi connectivity index (χ1) is 8.52. The lowest BCUT2D eigenvalue weighted by Gasteiger charge is -2.11. The number of imide groups is 1. The molecule has 1 rings (SSSR count). The number of nitrogens with one attached hydrogen (secondary N) is 2. The molecule has 18 heavy (non-hydrogen) atoms. The minimum absolute atomic E-state index is 0.263. The lowest BCUT2D eigenvalue weighted by atomic mass is 10.2. The van der Waals surface area contributed by atoms with E-state index in [0.29, 0.717) is 12.3 Å². The molecule has 0 aliphatic carbocycles. The molecule has 0 spiro atoms. The predicted molar refractivity (Wildman–Crippen MR) is 70.1 cm³/mol. The maximum absolute atomic E-state index is 11.2. The van der Waals surface area contributed by atoms with Crippen LogP contribution in [0.5, 0.6) is 5.75 Å². The van der Waals surface area contributed by atoms with Gasteiger partial charge in [-0.1, -0.05) is 15.9 Å². The van der Waals surface area contributed by atoms with Gasteiger partial charge in [0.1, 0.15) is 5.75 Å². The Morgan fingerprint density at radius 2 is 2.17 bits per heavy atom. The molecule has 0 fully saturated rings. The summed E-state index contributed by atoms with van der Waals surface area (Å²) < 4.78 is 6.24. The van der Waals surface area contributed by atoms with Crippen molar-refractivity contribution in [2.45, 2.75) is 6.54 Å². The summed E-state index contributed by atoms with van der Waals surface area (Å²) in [6.45, 7) is 0.341. The van der Waals surface area contributed by atoms with Crippen LogP contribution < -0.4 is 21.1 Å². The summed E-state index contributed by atoms with van der Waals surface area (Å²) in [5.74, 6) is -0.00648. The van der Waals surface area contributed by atoms with E-state index < -0.39 is 11.9 Å². The number of nitrogens with two attached hydrogens (primary N) is 1. The Morgan fingerprint density at radius 1 is 1.44 bits per heavy atom. The van der Waals surface area contributed by atoms with Crippen molar-refractivity contribution in [2.24, 2.45) is 5.73 Å². The maximum Gasteiger partial charge on any atom is 0.318 e. The summed E-state index contributed by atoms with van der Waals surface area (Å²) in [4.78, 5) is 21.7. The molecule has 7 heteroatoms. The van der Waals surface area contributed by atoms with E-state index in [-0.39, 0.29) is 6.61 Å². The first-order valence-corrected chi connectivity index (χ1v) is 5.97. The molecule has 0 aliphatic heterocycles. The Kier molecular flexibility index (Phi) is 5.60. The van der Waals surface area contributed by atoms with Crippen molar-refractivity contribution in [2.75, 3.05) is 13.7 Å². The lowest BCUT2D eigenvalue weighted by molar-refractivity contribution is -0.121. The molecule has 0 saturated heterocycles. The zero-order valence-electron chi connectivity index (χ0n) is 9.83. The number of carbonyl (C=O) groups is 2. The van der Waals surface area contributed by atoms with Gasteiger partial charge in [-0.15, -0.1) is 0 Å². The maximum atomic E-state index is 11.2. The van der Waals surface area contributed by atoms with Gasteiger partial charge in [-0.3, -0.25) is 10.1 Å². The summed E-state index contributed by atoms with van der Waals surface area (Å²) in [7, 11) is 1.81. The zero-order chi connectivity index (χ0) is 13.5. The normalized spacial score (nSPS) is 9.89. The number of halogens is 1. The van der Waals surface area contributed by atoms with E-state index in [4.69, 9.17) is 10.5 Å². The van der Waals surface area contributed by atoms with Crippen LogP contribution in [0.25, 0.3) is 0 Å². The number of amides is 3. The fourth-order valence-corrected chi connectivity index (χ4v) is 1.74. The Bertz CT molecular complexity index is 451. The Morgan fingerprint density at radius 3 is 2.78 bits per heavy atom. The number of ether oxygens (including phenoxy) is 1. The van der Waals surface area contributed by atoms with Crippen LogP contribution in [0.2, 0.25) is 0 Å². The topological polar surface area (TPSA) is 93.4 Å². The summed E-state index contributed by atoms with van der Waals surface area (Å²) in [6.07, 6.45) is 0. The molecule has 4 N–H and O–H groups in total. The van der Waals surface area contributed by atoms with E-state index in [1.54, 1.807) is 12.1 Å². The minimum Gasteiger partial charge on any atom is -0.483 e. The molecule has 0 atom stereocenters. The third kappa shape index (κ3) is 4.72. The third-order valence-corrected chi connectivity index (χ3v) is 2.50. The Balaban J connectivity index is 2.66. The molecule has 98 valence electrons. The second-order valence-electron chi connectivity index (χ2n) is 3.48. The fourth-order valence-electron chi connectivity index (χ4n) is 1.33. The van der Waals surface area contributed by atoms with Crippen molar-refractivity contribution in [3.8, 4) is 5.75 Å². The number of carbonyl (C=O) groups excluding carboxylic acids is 2. The van der Waals surface area contributed by atoms with Gasteiger partial charge in [0, 0.05) is 16.6 Å². The van der Waals surface area contributed by atoms with Crippen molar-refractivity contribution < 1.29 is 14.3 Å². The van der Waals surface area contributed by atoms with Gasteiger partial charge in [-0.25, -0.2) is 4.79 Å². The number of rotatable bonds is 5. The van der Waals surface area contributed by atoms with E-state index in [1.807, 2.05) is 18.4 Å². The van der Waals surface area contributed by atoms with Gasteiger partial charge < -0.3 is 15.8 Å². The smallest absolute Gasteiger partial charge is 0.318 e. The van der Waals surface area contributed by atoms with Gasteiger partial charge in [0.2, 0.25) is 0 Å². The van der Waals surface area contributed by atoms with Crippen LogP contribution in [0.3, 0.4) is 0 Å². The second-order valence-corrected chi connectivity index (χ2v) is 4.40. The summed E-state index contributed by atoms with van der Waals surface area (Å²) in [5, 5.41) is 4.92. The van der Waals surface area contributed by atoms with Gasteiger partial charge in [0.25, 0.3) is 5.91 Å². The summed E-state index contributed by atoms with van der Waals surface area (Å²) in [5.41, 5.74) is 5.72. The van der Waals surface area contributed by atoms with Crippen molar-refractivity contribution in [3.63, 3.8) is 0 Å². The van der Waals surface area contributed by atoms with Crippen LogP contribution >= 0.6 is 15.9 Å². The van der Waals surface area contributed by atoms with E-state index in [1.165, 1.54) is 0 Å². The van der Waals surface area contributed by atoms with Crippen molar-refractivity contribution in [1.82, 2.24) is 10.6 Å². The average Bonchev–Trinajstić information content (AvgIpc) is 2.27. The molecule has 0 aromatic heterocycles. The van der Waals surface area contributed by atoms with E-state index >= 15 is 0 Å². The Hall–Kier alpha value is -1.60. The molecule has 0 heterocycles. The summed E-state index contributed by atoms with van der Waals surface area (Å²) >= 11 is 3.36. The highest BCUT2D eigenvalue weighted by Gasteiger charge is 2.08. The number of urea groups is 1. The molecule has 0 saturated carbocycles. The van der Waals surface area contributed by atoms with Gasteiger partial charge in [0.05, 0.1) is 0 Å². The van der Waals surface area contributed by atoms with E-state index in [2.05, 4.69) is 21.2 Å². The lowest BCUT2D eigenvalue weighted by Crippen LogP contribution is -2.38. The molecule has 6 nitrogen and oxygen atoms in total. The molecule has 3 amide bonds. The van der Waals surface area contributed by atoms with Crippen molar-refractivity contribution in [3.05, 3.63) is 28.2 Å². The largest absolute Gasteiger partial charge is 0.483 e. The number of hydrogen-bond donors (Lipinski definition) is 3. The van der Waals surface area contributed by atoms with E-state index in [9.17, 15) is 9.59 Å². The predicted octanol–water partition coefficient (Wildman–Crippen LogP) is 0.742. The summed E-state index contributed by atoms with van der Waals surface area (Å²) in [6, 6.07) is 4.54. The second kappa shape index (κ2) is 6.97. The standard InChI is InChI=1S/C11H14BrN3O3/c1-14-5-7-4-8(12)2-3-9(7)18-6-10(16)15-11(13)17/h2-4,14H,5-6H2,1H3,(H3,13,15,16,17). The van der Waals surface area contributed by atoms with Gasteiger partial charge >= 0.3 is 6.03 Å². The van der Waals surface area contributed by atoms with Crippen molar-refractivity contribution in [1.29, 1.82) is 0 Å². The highest BCUT2D eigenvalue weighted by atomic mass is 79.9. The van der Waals surface area contributed by atoms with Crippen LogP contribution in [0.4, 0.5) is 4.79 Å². The average molecular weight is 316 g/mol. The third-order valence-electron chi connectivity index (χ3n) is 2.01. The highest BCUT2D eigenvalue weighted by Crippen LogP contribution is 2.23. The number of hydrogen-bond acceptors (Lipinski definition) is 4. The zero-order valence-corrected chi connectivity index (χ0v) is 11.4. The molecule has 0 aliphatic rings. The van der Waals surface area contributed by atoms with Gasteiger partial charge in [-0.05, 0) is 25.2 Å². The van der Waals surface area contributed by atoms with Gasteiger partial charge in [-0.2, -0.15) is 0 Å². The Labute approximate surface area is 113 Å². The first-order valence-electron chi connectivity index (χ1n) is 5.18. The van der Waals surface area contributed by atoms with Crippen LogP contribution in [0.1, 0.15) is 5.56 Å². The van der Waals surface area contributed by atoms with Crippen LogP contribution in [-0.4, -0.2) is 25.6 Å². The van der Waals surface area contributed by atoms with Crippen LogP contribution in [-0.2, 0) is 11.3 Å². The minimum atomic E-state index is -0.894. The molecule has 0 bridgehead atoms. The molecule has 1 aromatic rings. The van der Waals surface area contributed by atoms with Crippen molar-refractivity contribution >= 4 is 27.9 Å². The number of benzene rings is 1.